The van der Waals surface area contributed by atoms with Crippen molar-refractivity contribution in [2.45, 2.75) is 27.2 Å². The molecule has 98 valence electrons. The van der Waals surface area contributed by atoms with Crippen LogP contribution >= 0.6 is 0 Å². The normalized spacial score (nSPS) is 11.5. The van der Waals surface area contributed by atoms with Gasteiger partial charge >= 0.3 is 11.4 Å². The Hall–Kier alpha value is -2.30. The fourth-order valence-corrected chi connectivity index (χ4v) is 2.52. The molecular formula is C14H13NO4. The Kier molecular flexibility index (Phi) is 2.38. The molecule has 0 bridgehead atoms. The maximum absolute atomic E-state index is 11.9. The van der Waals surface area contributed by atoms with Crippen molar-refractivity contribution in [3.8, 4) is 0 Å². The Morgan fingerprint density at radius 3 is 2.53 bits per heavy atom. The Morgan fingerprint density at radius 1 is 1.11 bits per heavy atom. The van der Waals surface area contributed by atoms with Gasteiger partial charge < -0.3 is 8.83 Å². The zero-order chi connectivity index (χ0) is 13.7. The number of hydrogen-bond acceptors (Lipinski definition) is 4. The molecule has 0 unspecified atom stereocenters. The zero-order valence-corrected chi connectivity index (χ0v) is 10.9. The van der Waals surface area contributed by atoms with Crippen LogP contribution in [0, 0.1) is 13.8 Å². The number of benzene rings is 1. The van der Waals surface area contributed by atoms with Crippen LogP contribution in [0.2, 0.25) is 0 Å². The summed E-state index contributed by atoms with van der Waals surface area (Å²) in [6.45, 7) is 5.58. The first-order valence-corrected chi connectivity index (χ1v) is 6.11. The molecule has 0 aliphatic carbocycles. The highest BCUT2D eigenvalue weighted by Gasteiger charge is 2.16. The standard InChI is InChI=1S/C14H13NO4/c1-4-8-6(2)9-5-10-12(19-14(17)15-10)7(3)11(9)18-13(8)16/h5H,4H2,1-3H3,(H,15,17). The molecular weight excluding hydrogens is 246 g/mol. The van der Waals surface area contributed by atoms with Crippen LogP contribution in [0.15, 0.2) is 24.5 Å². The SMILES string of the molecule is CCc1c(C)c2cc3[nH]c(=O)oc3c(C)c2oc1=O. The van der Waals surface area contributed by atoms with Gasteiger partial charge in [-0.3, -0.25) is 4.98 Å². The summed E-state index contributed by atoms with van der Waals surface area (Å²) in [5.41, 5.74) is 3.42. The minimum atomic E-state index is -0.510. The third-order valence-electron chi connectivity index (χ3n) is 3.54. The molecule has 0 saturated carbocycles. The molecule has 1 N–H and O–H groups in total. The van der Waals surface area contributed by atoms with E-state index in [2.05, 4.69) is 4.98 Å². The zero-order valence-electron chi connectivity index (χ0n) is 10.9. The van der Waals surface area contributed by atoms with E-state index in [1.807, 2.05) is 13.8 Å². The maximum Gasteiger partial charge on any atom is 0.417 e. The average molecular weight is 259 g/mol. The number of H-pyrrole nitrogens is 1. The molecule has 0 aliphatic heterocycles. The van der Waals surface area contributed by atoms with E-state index in [0.717, 1.165) is 10.9 Å². The van der Waals surface area contributed by atoms with E-state index >= 15 is 0 Å². The van der Waals surface area contributed by atoms with Gasteiger partial charge in [0.1, 0.15) is 5.58 Å². The summed E-state index contributed by atoms with van der Waals surface area (Å²) in [4.78, 5) is 25.8. The van der Waals surface area contributed by atoms with Gasteiger partial charge in [0.15, 0.2) is 5.58 Å². The number of aromatic nitrogens is 1. The summed E-state index contributed by atoms with van der Waals surface area (Å²) < 4.78 is 10.5. The quantitative estimate of drug-likeness (QED) is 0.681. The number of hydrogen-bond donors (Lipinski definition) is 1. The van der Waals surface area contributed by atoms with Crippen LogP contribution in [0.3, 0.4) is 0 Å². The fourth-order valence-electron chi connectivity index (χ4n) is 2.52. The molecule has 5 nitrogen and oxygen atoms in total. The molecule has 3 aromatic rings. The molecule has 0 atom stereocenters. The van der Waals surface area contributed by atoms with Crippen molar-refractivity contribution in [3.63, 3.8) is 0 Å². The molecule has 2 aromatic heterocycles. The molecule has 0 spiro atoms. The van der Waals surface area contributed by atoms with Crippen LogP contribution in [-0.2, 0) is 6.42 Å². The van der Waals surface area contributed by atoms with E-state index in [0.29, 0.717) is 34.2 Å². The van der Waals surface area contributed by atoms with Crippen molar-refractivity contribution in [1.82, 2.24) is 4.98 Å². The van der Waals surface area contributed by atoms with Crippen LogP contribution in [0.1, 0.15) is 23.6 Å². The molecule has 0 amide bonds. The molecule has 0 saturated heterocycles. The predicted octanol–water partition coefficient (Wildman–Crippen LogP) is 2.41. The van der Waals surface area contributed by atoms with Gasteiger partial charge in [-0.25, -0.2) is 9.59 Å². The lowest BCUT2D eigenvalue weighted by Gasteiger charge is -2.07. The van der Waals surface area contributed by atoms with E-state index in [1.165, 1.54) is 0 Å². The number of aromatic amines is 1. The van der Waals surface area contributed by atoms with Gasteiger partial charge in [-0.2, -0.15) is 0 Å². The minimum absolute atomic E-state index is 0.326. The van der Waals surface area contributed by atoms with Crippen LogP contribution in [0.5, 0.6) is 0 Å². The highest BCUT2D eigenvalue weighted by Crippen LogP contribution is 2.28. The van der Waals surface area contributed by atoms with Gasteiger partial charge in [0.25, 0.3) is 0 Å². The van der Waals surface area contributed by atoms with E-state index < -0.39 is 5.76 Å². The summed E-state index contributed by atoms with van der Waals surface area (Å²) in [6, 6.07) is 1.79. The van der Waals surface area contributed by atoms with Crippen molar-refractivity contribution < 1.29 is 8.83 Å². The Morgan fingerprint density at radius 2 is 1.84 bits per heavy atom. The molecule has 5 heteroatoms. The first kappa shape index (κ1) is 11.8. The third-order valence-corrected chi connectivity index (χ3v) is 3.54. The molecule has 2 heterocycles. The van der Waals surface area contributed by atoms with Gasteiger partial charge in [-0.15, -0.1) is 0 Å². The molecule has 0 fully saturated rings. The largest absolute Gasteiger partial charge is 0.422 e. The van der Waals surface area contributed by atoms with E-state index in [4.69, 9.17) is 8.83 Å². The maximum atomic E-state index is 11.9. The van der Waals surface area contributed by atoms with E-state index in [9.17, 15) is 9.59 Å². The summed E-state index contributed by atoms with van der Waals surface area (Å²) in [6.07, 6.45) is 0.614. The number of rotatable bonds is 1. The van der Waals surface area contributed by atoms with Crippen molar-refractivity contribution >= 4 is 22.1 Å². The highest BCUT2D eigenvalue weighted by atomic mass is 16.4. The second-order valence-corrected chi connectivity index (χ2v) is 4.62. The van der Waals surface area contributed by atoms with Crippen molar-refractivity contribution in [3.05, 3.63) is 43.7 Å². The Balaban J connectivity index is 2.61. The van der Waals surface area contributed by atoms with Crippen LogP contribution < -0.4 is 11.4 Å². The minimum Gasteiger partial charge on any atom is -0.422 e. The first-order valence-electron chi connectivity index (χ1n) is 6.11. The van der Waals surface area contributed by atoms with Crippen molar-refractivity contribution in [2.24, 2.45) is 0 Å². The lowest BCUT2D eigenvalue weighted by molar-refractivity contribution is 0.539. The predicted molar refractivity (Wildman–Crippen MR) is 71.7 cm³/mol. The molecule has 0 radical (unpaired) electrons. The highest BCUT2D eigenvalue weighted by molar-refractivity contribution is 5.96. The number of aryl methyl sites for hydroxylation is 2. The van der Waals surface area contributed by atoms with Crippen molar-refractivity contribution in [1.29, 1.82) is 0 Å². The van der Waals surface area contributed by atoms with Gasteiger partial charge in [0, 0.05) is 16.5 Å². The van der Waals surface area contributed by atoms with Crippen LogP contribution in [0.25, 0.3) is 22.1 Å². The van der Waals surface area contributed by atoms with Crippen molar-refractivity contribution in [2.75, 3.05) is 0 Å². The lowest BCUT2D eigenvalue weighted by atomic mass is 10.0. The van der Waals surface area contributed by atoms with Gasteiger partial charge in [0.05, 0.1) is 5.52 Å². The smallest absolute Gasteiger partial charge is 0.417 e. The fraction of sp³-hybridized carbons (Fsp3) is 0.286. The second kappa shape index (κ2) is 3.85. The van der Waals surface area contributed by atoms with Crippen LogP contribution in [-0.4, -0.2) is 4.98 Å². The monoisotopic (exact) mass is 259 g/mol. The third kappa shape index (κ3) is 1.54. The van der Waals surface area contributed by atoms with Gasteiger partial charge in [-0.05, 0) is 31.9 Å². The van der Waals surface area contributed by atoms with Gasteiger partial charge in [0.2, 0.25) is 0 Å². The van der Waals surface area contributed by atoms with Crippen LogP contribution in [0.4, 0.5) is 0 Å². The number of nitrogens with one attached hydrogen (secondary N) is 1. The van der Waals surface area contributed by atoms with E-state index in [-0.39, 0.29) is 5.63 Å². The lowest BCUT2D eigenvalue weighted by Crippen LogP contribution is -2.09. The summed E-state index contributed by atoms with van der Waals surface area (Å²) >= 11 is 0. The molecule has 3 rings (SSSR count). The van der Waals surface area contributed by atoms with E-state index in [1.54, 1.807) is 13.0 Å². The topological polar surface area (TPSA) is 76.2 Å². The summed E-state index contributed by atoms with van der Waals surface area (Å²) in [5, 5.41) is 0.832. The Bertz CT molecular complexity index is 911. The number of oxazole rings is 1. The first-order chi connectivity index (χ1) is 9.02. The molecule has 0 aliphatic rings. The second-order valence-electron chi connectivity index (χ2n) is 4.62. The molecule has 19 heavy (non-hydrogen) atoms. The molecule has 1 aromatic carbocycles. The summed E-state index contributed by atoms with van der Waals surface area (Å²) in [5.74, 6) is -0.510. The number of fused-ring (bicyclic) bond motifs is 2. The Labute approximate surface area is 107 Å². The average Bonchev–Trinajstić information content (AvgIpc) is 2.73. The van der Waals surface area contributed by atoms with Gasteiger partial charge in [-0.1, -0.05) is 6.92 Å². The summed E-state index contributed by atoms with van der Waals surface area (Å²) in [7, 11) is 0.